The predicted molar refractivity (Wildman–Crippen MR) is 68.1 cm³/mol. The highest BCUT2D eigenvalue weighted by atomic mass is 19.4. The van der Waals surface area contributed by atoms with E-state index in [1.54, 1.807) is 12.1 Å². The van der Waals surface area contributed by atoms with E-state index in [-0.39, 0.29) is 6.61 Å². The molecule has 1 saturated heterocycles. The Hall–Kier alpha value is -1.23. The molecule has 0 amide bonds. The third-order valence-electron chi connectivity index (χ3n) is 3.60. The van der Waals surface area contributed by atoms with Gasteiger partial charge in [0, 0.05) is 24.9 Å². The number of anilines is 1. The summed E-state index contributed by atoms with van der Waals surface area (Å²) >= 11 is 0. The molecule has 0 bridgehead atoms. The summed E-state index contributed by atoms with van der Waals surface area (Å²) < 4.78 is 37.5. The normalized spacial score (nSPS) is 20.0. The lowest BCUT2D eigenvalue weighted by atomic mass is 10.1. The van der Waals surface area contributed by atoms with Gasteiger partial charge in [-0.25, -0.2) is 0 Å². The second-order valence-corrected chi connectivity index (χ2v) is 4.90. The highest BCUT2D eigenvalue weighted by molar-refractivity contribution is 5.49. The number of nitrogens with zero attached hydrogens (tertiary/aromatic N) is 1. The van der Waals surface area contributed by atoms with Crippen molar-refractivity contribution < 1.29 is 18.3 Å². The van der Waals surface area contributed by atoms with Gasteiger partial charge in [-0.15, -0.1) is 0 Å². The molecular weight excluding hydrogens is 255 g/mol. The molecule has 0 saturated carbocycles. The number of halogens is 3. The largest absolute Gasteiger partial charge is 0.416 e. The molecule has 1 aliphatic heterocycles. The van der Waals surface area contributed by atoms with Crippen molar-refractivity contribution in [3.63, 3.8) is 0 Å². The first-order valence-electron chi connectivity index (χ1n) is 6.57. The monoisotopic (exact) mass is 273 g/mol. The smallest absolute Gasteiger partial charge is 0.396 e. The van der Waals surface area contributed by atoms with E-state index in [4.69, 9.17) is 5.11 Å². The molecule has 1 atom stereocenters. The minimum Gasteiger partial charge on any atom is -0.396 e. The van der Waals surface area contributed by atoms with Crippen LogP contribution in [-0.2, 0) is 6.18 Å². The van der Waals surface area contributed by atoms with E-state index in [1.807, 2.05) is 0 Å². The Bertz CT molecular complexity index is 402. The topological polar surface area (TPSA) is 23.5 Å². The van der Waals surface area contributed by atoms with Gasteiger partial charge in [-0.1, -0.05) is 0 Å². The van der Waals surface area contributed by atoms with Crippen molar-refractivity contribution in [2.75, 3.05) is 18.1 Å². The van der Waals surface area contributed by atoms with Crippen molar-refractivity contribution >= 4 is 5.69 Å². The Morgan fingerprint density at radius 2 is 1.89 bits per heavy atom. The molecule has 106 valence electrons. The molecule has 0 aliphatic carbocycles. The number of aliphatic hydroxyl groups excluding tert-OH is 1. The van der Waals surface area contributed by atoms with E-state index in [9.17, 15) is 13.2 Å². The van der Waals surface area contributed by atoms with Gasteiger partial charge < -0.3 is 10.0 Å². The van der Waals surface area contributed by atoms with Crippen LogP contribution in [0.15, 0.2) is 24.3 Å². The fourth-order valence-corrected chi connectivity index (χ4v) is 2.64. The molecule has 1 aromatic rings. The molecule has 2 nitrogen and oxygen atoms in total. The molecule has 0 radical (unpaired) electrons. The number of benzene rings is 1. The highest BCUT2D eigenvalue weighted by Gasteiger charge is 2.31. The van der Waals surface area contributed by atoms with E-state index < -0.39 is 11.7 Å². The van der Waals surface area contributed by atoms with Crippen molar-refractivity contribution in [3.05, 3.63) is 29.8 Å². The predicted octanol–water partition coefficient (Wildman–Crippen LogP) is 3.45. The third kappa shape index (κ3) is 3.41. The molecule has 0 aromatic heterocycles. The first-order chi connectivity index (χ1) is 9.02. The summed E-state index contributed by atoms with van der Waals surface area (Å²) in [5.41, 5.74) is 0.232. The lowest BCUT2D eigenvalue weighted by Gasteiger charge is -2.27. The average Bonchev–Trinajstić information content (AvgIpc) is 2.83. The number of aliphatic hydroxyl groups is 1. The van der Waals surface area contributed by atoms with E-state index in [2.05, 4.69) is 4.90 Å². The molecule has 1 aromatic carbocycles. The van der Waals surface area contributed by atoms with Crippen molar-refractivity contribution in [3.8, 4) is 0 Å². The van der Waals surface area contributed by atoms with Crippen molar-refractivity contribution in [2.45, 2.75) is 37.9 Å². The molecule has 1 N–H and O–H groups in total. The van der Waals surface area contributed by atoms with E-state index in [0.29, 0.717) is 6.04 Å². The van der Waals surface area contributed by atoms with Crippen molar-refractivity contribution in [1.82, 2.24) is 0 Å². The van der Waals surface area contributed by atoms with Gasteiger partial charge in [0.2, 0.25) is 0 Å². The van der Waals surface area contributed by atoms with Crippen LogP contribution in [0.2, 0.25) is 0 Å². The fourth-order valence-electron chi connectivity index (χ4n) is 2.64. The quantitative estimate of drug-likeness (QED) is 0.908. The number of rotatable bonds is 4. The van der Waals surface area contributed by atoms with Gasteiger partial charge in [0.1, 0.15) is 0 Å². The molecule has 2 rings (SSSR count). The Balaban J connectivity index is 2.08. The van der Waals surface area contributed by atoms with E-state index in [1.165, 1.54) is 0 Å². The highest BCUT2D eigenvalue weighted by Crippen LogP contribution is 2.33. The SMILES string of the molecule is OCCCC1CCCN1c1ccc(C(F)(F)F)cc1. The second-order valence-electron chi connectivity index (χ2n) is 4.90. The van der Waals surface area contributed by atoms with Crippen LogP contribution in [0.5, 0.6) is 0 Å². The summed E-state index contributed by atoms with van der Waals surface area (Å²) in [6, 6.07) is 5.69. The zero-order valence-corrected chi connectivity index (χ0v) is 10.7. The zero-order valence-electron chi connectivity index (χ0n) is 10.7. The van der Waals surface area contributed by atoms with Crippen LogP contribution in [0.3, 0.4) is 0 Å². The lowest BCUT2D eigenvalue weighted by molar-refractivity contribution is -0.137. The summed E-state index contributed by atoms with van der Waals surface area (Å²) in [4.78, 5) is 2.15. The van der Waals surface area contributed by atoms with Crippen LogP contribution in [0.1, 0.15) is 31.2 Å². The lowest BCUT2D eigenvalue weighted by Crippen LogP contribution is -2.29. The molecule has 1 unspecified atom stereocenters. The van der Waals surface area contributed by atoms with Gasteiger partial charge in [-0.05, 0) is 49.9 Å². The summed E-state index contributed by atoms with van der Waals surface area (Å²) in [5.74, 6) is 0. The van der Waals surface area contributed by atoms with E-state index >= 15 is 0 Å². The fraction of sp³-hybridized carbons (Fsp3) is 0.571. The maximum absolute atomic E-state index is 12.5. The molecule has 5 heteroatoms. The standard InChI is InChI=1S/C14H18F3NO/c15-14(16,17)11-5-7-13(8-6-11)18-9-1-3-12(18)4-2-10-19/h5-8,12,19H,1-4,9-10H2. The zero-order chi connectivity index (χ0) is 13.9. The van der Waals surface area contributed by atoms with Crippen LogP contribution in [0, 0.1) is 0 Å². The molecule has 19 heavy (non-hydrogen) atoms. The van der Waals surface area contributed by atoms with Gasteiger partial charge in [0.25, 0.3) is 0 Å². The molecule has 0 spiro atoms. The van der Waals surface area contributed by atoms with Crippen LogP contribution >= 0.6 is 0 Å². The summed E-state index contributed by atoms with van der Waals surface area (Å²) in [6.07, 6.45) is -0.558. The Morgan fingerprint density at radius 3 is 2.47 bits per heavy atom. The second kappa shape index (κ2) is 5.82. The maximum Gasteiger partial charge on any atom is 0.416 e. The number of hydrogen-bond acceptors (Lipinski definition) is 2. The molecule has 1 fully saturated rings. The van der Waals surface area contributed by atoms with Gasteiger partial charge in [0.15, 0.2) is 0 Å². The number of alkyl halides is 3. The number of hydrogen-bond donors (Lipinski definition) is 1. The average molecular weight is 273 g/mol. The molecule has 1 heterocycles. The van der Waals surface area contributed by atoms with Gasteiger partial charge in [0.05, 0.1) is 5.56 Å². The Morgan fingerprint density at radius 1 is 1.21 bits per heavy atom. The summed E-state index contributed by atoms with van der Waals surface area (Å²) in [6.45, 7) is 1.04. The first-order valence-corrected chi connectivity index (χ1v) is 6.57. The Labute approximate surface area is 110 Å². The van der Waals surface area contributed by atoms with E-state index in [0.717, 1.165) is 50.0 Å². The van der Waals surface area contributed by atoms with Crippen molar-refractivity contribution in [1.29, 1.82) is 0 Å². The minimum absolute atomic E-state index is 0.164. The van der Waals surface area contributed by atoms with Crippen LogP contribution in [0.4, 0.5) is 18.9 Å². The minimum atomic E-state index is -4.28. The first kappa shape index (κ1) is 14.2. The van der Waals surface area contributed by atoms with Crippen LogP contribution in [-0.4, -0.2) is 24.3 Å². The Kier molecular flexibility index (Phi) is 4.34. The van der Waals surface area contributed by atoms with Crippen LogP contribution < -0.4 is 4.90 Å². The summed E-state index contributed by atoms with van der Waals surface area (Å²) in [5, 5.41) is 8.87. The van der Waals surface area contributed by atoms with Crippen molar-refractivity contribution in [2.24, 2.45) is 0 Å². The summed E-state index contributed by atoms with van der Waals surface area (Å²) in [7, 11) is 0. The van der Waals surface area contributed by atoms with Gasteiger partial charge >= 0.3 is 6.18 Å². The molecule has 1 aliphatic rings. The third-order valence-corrected chi connectivity index (χ3v) is 3.60. The maximum atomic E-state index is 12.5. The van der Waals surface area contributed by atoms with Gasteiger partial charge in [-0.3, -0.25) is 0 Å². The van der Waals surface area contributed by atoms with Crippen LogP contribution in [0.25, 0.3) is 0 Å². The van der Waals surface area contributed by atoms with Gasteiger partial charge in [-0.2, -0.15) is 13.2 Å². The molecular formula is C14H18F3NO.